The minimum atomic E-state index is -4.23. The first-order valence-corrected chi connectivity index (χ1v) is 6.92. The Bertz CT molecular complexity index is 516. The van der Waals surface area contributed by atoms with Crippen LogP contribution in [-0.2, 0) is 4.79 Å². The third-order valence-corrected chi connectivity index (χ3v) is 4.03. The molecule has 0 saturated heterocycles. The Kier molecular flexibility index (Phi) is 4.44. The van der Waals surface area contributed by atoms with E-state index in [1.54, 1.807) is 12.1 Å². The van der Waals surface area contributed by atoms with Crippen molar-refractivity contribution in [1.29, 1.82) is 0 Å². The van der Waals surface area contributed by atoms with Crippen molar-refractivity contribution < 1.29 is 23.1 Å². The number of halogens is 3. The number of rotatable bonds is 2. The highest BCUT2D eigenvalue weighted by atomic mass is 19.4. The summed E-state index contributed by atoms with van der Waals surface area (Å²) in [7, 11) is 1.52. The van der Waals surface area contributed by atoms with E-state index in [0.717, 1.165) is 0 Å². The molecule has 0 radical (unpaired) electrons. The average molecular weight is 301 g/mol. The van der Waals surface area contributed by atoms with Crippen LogP contribution in [0, 0.1) is 11.8 Å². The summed E-state index contributed by atoms with van der Waals surface area (Å²) < 4.78 is 38.4. The molecule has 0 aromatic heterocycles. The summed E-state index contributed by atoms with van der Waals surface area (Å²) in [6, 6.07) is 6.12. The van der Waals surface area contributed by atoms with Gasteiger partial charge in [0.25, 0.3) is 0 Å². The van der Waals surface area contributed by atoms with Crippen LogP contribution in [0.15, 0.2) is 24.3 Å². The van der Waals surface area contributed by atoms with Crippen molar-refractivity contribution in [3.8, 4) is 5.75 Å². The molecule has 0 heterocycles. The number of phenols is 1. The summed E-state index contributed by atoms with van der Waals surface area (Å²) in [4.78, 5) is 13.7. The van der Waals surface area contributed by atoms with Crippen molar-refractivity contribution >= 4 is 11.6 Å². The third-order valence-electron chi connectivity index (χ3n) is 4.03. The van der Waals surface area contributed by atoms with Gasteiger partial charge in [0.15, 0.2) is 0 Å². The maximum absolute atomic E-state index is 12.8. The van der Waals surface area contributed by atoms with Crippen LogP contribution in [0.1, 0.15) is 25.7 Å². The number of carbonyl (C=O) groups excluding carboxylic acids is 1. The molecule has 1 aliphatic carbocycles. The van der Waals surface area contributed by atoms with E-state index in [0.29, 0.717) is 18.5 Å². The van der Waals surface area contributed by atoms with Gasteiger partial charge in [-0.05, 0) is 31.4 Å². The smallest absolute Gasteiger partial charge is 0.391 e. The van der Waals surface area contributed by atoms with Gasteiger partial charge in [-0.25, -0.2) is 0 Å². The molecule has 116 valence electrons. The summed E-state index contributed by atoms with van der Waals surface area (Å²) in [6.45, 7) is 0. The van der Waals surface area contributed by atoms with Gasteiger partial charge in [-0.3, -0.25) is 4.79 Å². The van der Waals surface area contributed by atoms with E-state index in [1.807, 2.05) is 0 Å². The lowest BCUT2D eigenvalue weighted by molar-refractivity contribution is -0.186. The highest BCUT2D eigenvalue weighted by molar-refractivity contribution is 5.94. The van der Waals surface area contributed by atoms with Gasteiger partial charge in [-0.15, -0.1) is 0 Å². The van der Waals surface area contributed by atoms with Crippen LogP contribution >= 0.6 is 0 Å². The number of carbonyl (C=O) groups is 1. The molecular formula is C15H18F3NO2. The number of alkyl halides is 3. The molecule has 21 heavy (non-hydrogen) atoms. The molecule has 2 unspecified atom stereocenters. The predicted molar refractivity (Wildman–Crippen MR) is 73.0 cm³/mol. The minimum absolute atomic E-state index is 0.0176. The van der Waals surface area contributed by atoms with Gasteiger partial charge in [0.2, 0.25) is 5.91 Å². The molecule has 1 saturated carbocycles. The Balaban J connectivity index is 2.09. The Labute approximate surface area is 121 Å². The topological polar surface area (TPSA) is 40.5 Å². The van der Waals surface area contributed by atoms with Gasteiger partial charge in [0.05, 0.1) is 5.92 Å². The van der Waals surface area contributed by atoms with E-state index in [4.69, 9.17) is 0 Å². The third kappa shape index (κ3) is 3.68. The Hall–Kier alpha value is -1.72. The van der Waals surface area contributed by atoms with Gasteiger partial charge in [-0.2, -0.15) is 13.2 Å². The monoisotopic (exact) mass is 301 g/mol. The fourth-order valence-corrected chi connectivity index (χ4v) is 2.81. The first-order valence-electron chi connectivity index (χ1n) is 6.92. The maximum Gasteiger partial charge on any atom is 0.391 e. The molecule has 1 aliphatic rings. The number of aromatic hydroxyl groups is 1. The van der Waals surface area contributed by atoms with Gasteiger partial charge in [0, 0.05) is 24.7 Å². The second-order valence-electron chi connectivity index (χ2n) is 5.52. The van der Waals surface area contributed by atoms with E-state index in [9.17, 15) is 23.1 Å². The molecular weight excluding hydrogens is 283 g/mol. The van der Waals surface area contributed by atoms with Crippen molar-refractivity contribution in [3.05, 3.63) is 24.3 Å². The van der Waals surface area contributed by atoms with Crippen molar-refractivity contribution in [2.45, 2.75) is 31.9 Å². The van der Waals surface area contributed by atoms with Crippen LogP contribution in [0.5, 0.6) is 5.75 Å². The fraction of sp³-hybridized carbons (Fsp3) is 0.533. The first-order chi connectivity index (χ1) is 9.79. The molecule has 1 fully saturated rings. The van der Waals surface area contributed by atoms with Crippen molar-refractivity contribution in [1.82, 2.24) is 0 Å². The average Bonchev–Trinajstić information content (AvgIpc) is 2.45. The molecule has 1 N–H and O–H groups in total. The zero-order valence-corrected chi connectivity index (χ0v) is 11.7. The largest absolute Gasteiger partial charge is 0.508 e. The minimum Gasteiger partial charge on any atom is -0.508 e. The van der Waals surface area contributed by atoms with Gasteiger partial charge < -0.3 is 10.0 Å². The summed E-state index contributed by atoms with van der Waals surface area (Å²) in [5.41, 5.74) is 0.481. The number of phenolic OH excluding ortho intramolecular Hbond substituents is 1. The molecule has 0 spiro atoms. The van der Waals surface area contributed by atoms with E-state index in [2.05, 4.69) is 0 Å². The molecule has 1 aromatic carbocycles. The van der Waals surface area contributed by atoms with Gasteiger partial charge in [0.1, 0.15) is 5.75 Å². The van der Waals surface area contributed by atoms with Crippen LogP contribution in [0.25, 0.3) is 0 Å². The summed E-state index contributed by atoms with van der Waals surface area (Å²) >= 11 is 0. The lowest BCUT2D eigenvalue weighted by atomic mass is 9.80. The van der Waals surface area contributed by atoms with E-state index in [1.165, 1.54) is 24.1 Å². The van der Waals surface area contributed by atoms with Gasteiger partial charge >= 0.3 is 6.18 Å². The summed E-state index contributed by atoms with van der Waals surface area (Å²) in [5, 5.41) is 9.42. The Morgan fingerprint density at radius 1 is 1.33 bits per heavy atom. The molecule has 2 rings (SSSR count). The van der Waals surface area contributed by atoms with E-state index in [-0.39, 0.29) is 24.5 Å². The van der Waals surface area contributed by atoms with Gasteiger partial charge in [-0.1, -0.05) is 12.5 Å². The molecule has 1 aromatic rings. The zero-order valence-electron chi connectivity index (χ0n) is 11.7. The van der Waals surface area contributed by atoms with Crippen molar-refractivity contribution in [2.24, 2.45) is 11.8 Å². The zero-order chi connectivity index (χ0) is 15.6. The quantitative estimate of drug-likeness (QED) is 0.904. The number of amides is 1. The molecule has 0 aliphatic heterocycles. The second kappa shape index (κ2) is 5.95. The van der Waals surface area contributed by atoms with E-state index < -0.39 is 18.0 Å². The SMILES string of the molecule is CN(C(=O)C1CCCC(C(F)(F)F)C1)c1cccc(O)c1. The predicted octanol–water partition coefficient (Wildman–Crippen LogP) is 3.72. The standard InChI is InChI=1S/C15H18F3NO2/c1-19(12-6-3-7-13(20)9-12)14(21)10-4-2-5-11(8-10)15(16,17)18/h3,6-7,9-11,20H,2,4-5,8H2,1H3. The summed E-state index contributed by atoms with van der Waals surface area (Å²) in [6.07, 6.45) is -3.39. The van der Waals surface area contributed by atoms with Crippen LogP contribution in [0.2, 0.25) is 0 Å². The van der Waals surface area contributed by atoms with Crippen LogP contribution in [0.4, 0.5) is 18.9 Å². The molecule has 2 atom stereocenters. The van der Waals surface area contributed by atoms with Crippen molar-refractivity contribution in [3.63, 3.8) is 0 Å². The highest BCUT2D eigenvalue weighted by Crippen LogP contribution is 2.40. The number of hydrogen-bond acceptors (Lipinski definition) is 2. The normalized spacial score (nSPS) is 22.9. The number of anilines is 1. The highest BCUT2D eigenvalue weighted by Gasteiger charge is 2.44. The molecule has 1 amide bonds. The Morgan fingerprint density at radius 2 is 2.05 bits per heavy atom. The lowest BCUT2D eigenvalue weighted by Crippen LogP contribution is -2.38. The Morgan fingerprint density at radius 3 is 2.67 bits per heavy atom. The lowest BCUT2D eigenvalue weighted by Gasteiger charge is -2.32. The van der Waals surface area contributed by atoms with Crippen LogP contribution < -0.4 is 4.90 Å². The van der Waals surface area contributed by atoms with Crippen LogP contribution in [0.3, 0.4) is 0 Å². The first kappa shape index (κ1) is 15.7. The van der Waals surface area contributed by atoms with E-state index >= 15 is 0 Å². The number of benzene rings is 1. The molecule has 3 nitrogen and oxygen atoms in total. The summed E-state index contributed by atoms with van der Waals surface area (Å²) in [5.74, 6) is -2.31. The second-order valence-corrected chi connectivity index (χ2v) is 5.52. The molecule has 0 bridgehead atoms. The van der Waals surface area contributed by atoms with Crippen molar-refractivity contribution in [2.75, 3.05) is 11.9 Å². The number of hydrogen-bond donors (Lipinski definition) is 1. The fourth-order valence-electron chi connectivity index (χ4n) is 2.81. The number of nitrogens with zero attached hydrogens (tertiary/aromatic N) is 1. The molecule has 6 heteroatoms. The van der Waals surface area contributed by atoms with Crippen LogP contribution in [-0.4, -0.2) is 24.2 Å². The maximum atomic E-state index is 12.8.